The molecule has 0 saturated heterocycles. The summed E-state index contributed by atoms with van der Waals surface area (Å²) in [6.07, 6.45) is 1.60. The van der Waals surface area contributed by atoms with Crippen LogP contribution in [0.15, 0.2) is 101 Å². The molecule has 0 aromatic heterocycles. The second kappa shape index (κ2) is 9.37. The lowest BCUT2D eigenvalue weighted by Crippen LogP contribution is -2.17. The van der Waals surface area contributed by atoms with Crippen molar-refractivity contribution in [3.63, 3.8) is 0 Å². The molecule has 4 aromatic rings. The topological polar surface area (TPSA) is 50.7 Å². The van der Waals surface area contributed by atoms with Crippen molar-refractivity contribution in [2.45, 2.75) is 6.61 Å². The summed E-state index contributed by atoms with van der Waals surface area (Å²) in [5.41, 5.74) is 4.95. The SMILES string of the molecule is O=C(NN=Cc1ccccc1Br)c1ccc(COc2ccc3ccccc3c2)cc1. The largest absolute Gasteiger partial charge is 0.489 e. The minimum Gasteiger partial charge on any atom is -0.489 e. The molecule has 1 amide bonds. The van der Waals surface area contributed by atoms with Crippen molar-refractivity contribution in [2.75, 3.05) is 0 Å². The lowest BCUT2D eigenvalue weighted by Gasteiger charge is -2.08. The normalized spacial score (nSPS) is 11.0. The first-order valence-corrected chi connectivity index (χ1v) is 10.3. The number of amides is 1. The van der Waals surface area contributed by atoms with Gasteiger partial charge in [-0.3, -0.25) is 4.79 Å². The average Bonchev–Trinajstić information content (AvgIpc) is 2.79. The van der Waals surface area contributed by atoms with Gasteiger partial charge < -0.3 is 4.74 Å². The highest BCUT2D eigenvalue weighted by molar-refractivity contribution is 9.10. The lowest BCUT2D eigenvalue weighted by molar-refractivity contribution is 0.0955. The number of rotatable bonds is 6. The van der Waals surface area contributed by atoms with E-state index in [-0.39, 0.29) is 5.91 Å². The van der Waals surface area contributed by atoms with Gasteiger partial charge in [-0.25, -0.2) is 5.43 Å². The molecule has 0 aliphatic rings. The maximum atomic E-state index is 12.3. The number of carbonyl (C=O) groups is 1. The van der Waals surface area contributed by atoms with Crippen LogP contribution in [0.3, 0.4) is 0 Å². The number of hydrogen-bond donors (Lipinski definition) is 1. The van der Waals surface area contributed by atoms with Crippen LogP contribution in [0.1, 0.15) is 21.5 Å². The molecule has 1 N–H and O–H groups in total. The molecule has 4 rings (SSSR count). The van der Waals surface area contributed by atoms with Crippen molar-refractivity contribution in [1.82, 2.24) is 5.43 Å². The second-order valence-corrected chi connectivity index (χ2v) is 7.57. The average molecular weight is 459 g/mol. The molecule has 0 heterocycles. The first-order valence-electron chi connectivity index (χ1n) is 9.47. The van der Waals surface area contributed by atoms with Crippen molar-refractivity contribution in [2.24, 2.45) is 5.10 Å². The van der Waals surface area contributed by atoms with E-state index in [9.17, 15) is 4.79 Å². The fourth-order valence-corrected chi connectivity index (χ4v) is 3.37. The van der Waals surface area contributed by atoms with Crippen molar-refractivity contribution in [3.8, 4) is 5.75 Å². The molecule has 30 heavy (non-hydrogen) atoms. The van der Waals surface area contributed by atoms with Crippen LogP contribution >= 0.6 is 15.9 Å². The van der Waals surface area contributed by atoms with E-state index < -0.39 is 0 Å². The van der Waals surface area contributed by atoms with E-state index in [0.717, 1.165) is 26.7 Å². The molecule has 0 bridgehead atoms. The van der Waals surface area contributed by atoms with Crippen LogP contribution in [-0.2, 0) is 6.61 Å². The maximum Gasteiger partial charge on any atom is 0.271 e. The van der Waals surface area contributed by atoms with Gasteiger partial charge in [-0.05, 0) is 46.7 Å². The Balaban J connectivity index is 1.34. The fraction of sp³-hybridized carbons (Fsp3) is 0.0400. The van der Waals surface area contributed by atoms with Gasteiger partial charge in [0.05, 0.1) is 6.21 Å². The lowest BCUT2D eigenvalue weighted by atomic mass is 10.1. The van der Waals surface area contributed by atoms with Crippen molar-refractivity contribution in [3.05, 3.63) is 112 Å². The highest BCUT2D eigenvalue weighted by atomic mass is 79.9. The molecule has 0 fully saturated rings. The zero-order chi connectivity index (χ0) is 20.8. The Morgan fingerprint density at radius 3 is 2.43 bits per heavy atom. The van der Waals surface area contributed by atoms with E-state index in [1.807, 2.05) is 66.7 Å². The Labute approximate surface area is 183 Å². The Hall–Kier alpha value is -3.44. The molecular weight excluding hydrogens is 440 g/mol. The third-order valence-corrected chi connectivity index (χ3v) is 5.34. The van der Waals surface area contributed by atoms with Crippen LogP contribution in [0.4, 0.5) is 0 Å². The van der Waals surface area contributed by atoms with Crippen molar-refractivity contribution >= 4 is 38.8 Å². The fourth-order valence-electron chi connectivity index (χ4n) is 2.98. The standard InChI is InChI=1S/C25H19BrN2O2/c26-24-8-4-3-7-22(24)16-27-28-25(29)20-11-9-18(10-12-20)17-30-23-14-13-19-5-1-2-6-21(19)15-23/h1-16H,17H2,(H,28,29). The number of hydrogen-bond acceptors (Lipinski definition) is 3. The van der Waals surface area contributed by atoms with E-state index in [2.05, 4.69) is 38.6 Å². The van der Waals surface area contributed by atoms with Gasteiger partial charge in [-0.2, -0.15) is 5.10 Å². The maximum absolute atomic E-state index is 12.3. The van der Waals surface area contributed by atoms with Gasteiger partial charge in [0.2, 0.25) is 0 Å². The highest BCUT2D eigenvalue weighted by Crippen LogP contribution is 2.21. The molecule has 0 saturated carbocycles. The number of carbonyl (C=O) groups excluding carboxylic acids is 1. The molecule has 0 radical (unpaired) electrons. The minimum atomic E-state index is -0.264. The van der Waals surface area contributed by atoms with Gasteiger partial charge >= 0.3 is 0 Å². The van der Waals surface area contributed by atoms with Crippen LogP contribution in [0.2, 0.25) is 0 Å². The number of ether oxygens (including phenoxy) is 1. The Bertz CT molecular complexity index is 1200. The Kier molecular flexibility index (Phi) is 6.20. The summed E-state index contributed by atoms with van der Waals surface area (Å²) in [6, 6.07) is 29.2. The zero-order valence-electron chi connectivity index (χ0n) is 16.1. The van der Waals surface area contributed by atoms with Crippen LogP contribution in [0.5, 0.6) is 5.75 Å². The molecule has 148 valence electrons. The van der Waals surface area contributed by atoms with E-state index in [1.165, 1.54) is 5.39 Å². The van der Waals surface area contributed by atoms with E-state index in [4.69, 9.17) is 4.74 Å². The van der Waals surface area contributed by atoms with Crippen LogP contribution in [-0.4, -0.2) is 12.1 Å². The summed E-state index contributed by atoms with van der Waals surface area (Å²) in [7, 11) is 0. The Morgan fingerprint density at radius 2 is 1.63 bits per heavy atom. The number of fused-ring (bicyclic) bond motifs is 1. The summed E-state index contributed by atoms with van der Waals surface area (Å²) < 4.78 is 6.81. The predicted molar refractivity (Wildman–Crippen MR) is 124 cm³/mol. The molecule has 0 atom stereocenters. The molecule has 0 spiro atoms. The summed E-state index contributed by atoms with van der Waals surface area (Å²) >= 11 is 3.44. The minimum absolute atomic E-state index is 0.264. The molecule has 4 nitrogen and oxygen atoms in total. The van der Waals surface area contributed by atoms with E-state index in [0.29, 0.717) is 12.2 Å². The zero-order valence-corrected chi connectivity index (χ0v) is 17.7. The van der Waals surface area contributed by atoms with Gasteiger partial charge in [-0.1, -0.05) is 76.6 Å². The molecule has 4 aromatic carbocycles. The molecular formula is C25H19BrN2O2. The van der Waals surface area contributed by atoms with Gasteiger partial charge in [-0.15, -0.1) is 0 Å². The number of nitrogens with one attached hydrogen (secondary N) is 1. The van der Waals surface area contributed by atoms with E-state index in [1.54, 1.807) is 18.3 Å². The Morgan fingerprint density at radius 1 is 0.900 bits per heavy atom. The second-order valence-electron chi connectivity index (χ2n) is 6.72. The first kappa shape index (κ1) is 19.9. The van der Waals surface area contributed by atoms with Crippen LogP contribution in [0.25, 0.3) is 10.8 Å². The number of nitrogens with zero attached hydrogens (tertiary/aromatic N) is 1. The quantitative estimate of drug-likeness (QED) is 0.286. The van der Waals surface area contributed by atoms with Crippen molar-refractivity contribution < 1.29 is 9.53 Å². The summed E-state index contributed by atoms with van der Waals surface area (Å²) in [4.78, 5) is 12.3. The summed E-state index contributed by atoms with van der Waals surface area (Å²) in [5, 5.41) is 6.35. The molecule has 5 heteroatoms. The molecule has 0 unspecified atom stereocenters. The number of halogens is 1. The third-order valence-electron chi connectivity index (χ3n) is 4.62. The van der Waals surface area contributed by atoms with Gasteiger partial charge in [0.25, 0.3) is 5.91 Å². The summed E-state index contributed by atoms with van der Waals surface area (Å²) in [6.45, 7) is 0.431. The monoisotopic (exact) mass is 458 g/mol. The molecule has 0 aliphatic carbocycles. The highest BCUT2D eigenvalue weighted by Gasteiger charge is 2.05. The number of hydrazone groups is 1. The number of benzene rings is 4. The van der Waals surface area contributed by atoms with Gasteiger partial charge in [0.15, 0.2) is 0 Å². The van der Waals surface area contributed by atoms with E-state index >= 15 is 0 Å². The van der Waals surface area contributed by atoms with Crippen molar-refractivity contribution in [1.29, 1.82) is 0 Å². The van der Waals surface area contributed by atoms with Crippen LogP contribution in [0, 0.1) is 0 Å². The van der Waals surface area contributed by atoms with Crippen LogP contribution < -0.4 is 10.2 Å². The third kappa shape index (κ3) is 4.93. The van der Waals surface area contributed by atoms with Gasteiger partial charge in [0.1, 0.15) is 12.4 Å². The summed E-state index contributed by atoms with van der Waals surface area (Å²) in [5.74, 6) is 0.553. The smallest absolute Gasteiger partial charge is 0.271 e. The molecule has 0 aliphatic heterocycles. The predicted octanol–water partition coefficient (Wildman–Crippen LogP) is 5.95. The first-order chi connectivity index (χ1) is 14.7. The van der Waals surface area contributed by atoms with Gasteiger partial charge in [0, 0.05) is 15.6 Å².